The average molecular weight is 448 g/mol. The topological polar surface area (TPSA) is 98.2 Å². The van der Waals surface area contributed by atoms with Crippen LogP contribution in [0.4, 0.5) is 0 Å². The molecule has 6 nitrogen and oxygen atoms in total. The average Bonchev–Trinajstić information content (AvgIpc) is 2.76. The number of thioether (sulfide) groups is 1. The minimum Gasteiger partial charge on any atom is -0.496 e. The summed E-state index contributed by atoms with van der Waals surface area (Å²) >= 11 is 1.59. The van der Waals surface area contributed by atoms with Crippen LogP contribution in [0.25, 0.3) is 0 Å². The first-order valence-electron chi connectivity index (χ1n) is 10.4. The zero-order valence-electron chi connectivity index (χ0n) is 18.3. The molecule has 0 bridgehead atoms. The van der Waals surface area contributed by atoms with E-state index in [-0.39, 0.29) is 22.7 Å². The molecule has 1 atom stereocenters. The highest BCUT2D eigenvalue weighted by molar-refractivity contribution is 7.98. The van der Waals surface area contributed by atoms with Crippen LogP contribution in [0.1, 0.15) is 43.7 Å². The second-order valence-corrected chi connectivity index (χ2v) is 9.73. The maximum absolute atomic E-state index is 13.2. The molecule has 0 saturated carbocycles. The number of methoxy groups -OCH3 is 1. The molecule has 164 valence electrons. The van der Waals surface area contributed by atoms with Crippen LogP contribution >= 0.6 is 11.8 Å². The molecule has 1 aromatic carbocycles. The van der Waals surface area contributed by atoms with Crippen molar-refractivity contribution in [3.63, 3.8) is 0 Å². The van der Waals surface area contributed by atoms with Gasteiger partial charge in [0.2, 0.25) is 5.88 Å². The monoisotopic (exact) mass is 447 g/mol. The third kappa shape index (κ3) is 4.23. The minimum atomic E-state index is -0.545. The molecule has 1 aliphatic carbocycles. The van der Waals surface area contributed by atoms with E-state index < -0.39 is 5.92 Å². The van der Waals surface area contributed by atoms with E-state index in [1.807, 2.05) is 50.2 Å². The molecule has 1 aromatic heterocycles. The van der Waals surface area contributed by atoms with Gasteiger partial charge < -0.3 is 15.2 Å². The Bertz CT molecular complexity index is 1160. The van der Waals surface area contributed by atoms with E-state index in [1.165, 1.54) is 0 Å². The van der Waals surface area contributed by atoms with Crippen molar-refractivity contribution in [2.75, 3.05) is 7.11 Å². The molecular formula is C25H25N3O3S. The van der Waals surface area contributed by atoms with E-state index in [2.05, 4.69) is 11.1 Å². The highest BCUT2D eigenvalue weighted by atomic mass is 32.2. The number of rotatable bonds is 5. The number of ether oxygens (including phenoxy) is 2. The van der Waals surface area contributed by atoms with Crippen molar-refractivity contribution < 1.29 is 14.3 Å². The van der Waals surface area contributed by atoms with Gasteiger partial charge in [-0.3, -0.25) is 4.79 Å². The van der Waals surface area contributed by atoms with E-state index in [0.29, 0.717) is 29.9 Å². The Balaban J connectivity index is 1.76. The van der Waals surface area contributed by atoms with Gasteiger partial charge in [0.15, 0.2) is 5.78 Å². The van der Waals surface area contributed by atoms with Crippen molar-refractivity contribution in [2.24, 2.45) is 11.1 Å². The summed E-state index contributed by atoms with van der Waals surface area (Å²) in [5.41, 5.74) is 8.52. The third-order valence-corrected chi connectivity index (χ3v) is 6.72. The SMILES string of the molecule is COc1ccc([C@@H]2C(C#N)=C(N)OC3=C2C(=O)CC(C)(C)C3)cc1CSc1ccccn1. The number of nitrogens with zero attached hydrogens (tertiary/aromatic N) is 2. The molecule has 0 unspecified atom stereocenters. The number of pyridine rings is 1. The summed E-state index contributed by atoms with van der Waals surface area (Å²) in [5.74, 6) is 1.48. The number of nitrogens with two attached hydrogens (primary N) is 1. The number of carbonyl (C=O) groups is 1. The largest absolute Gasteiger partial charge is 0.496 e. The van der Waals surface area contributed by atoms with E-state index in [9.17, 15) is 10.1 Å². The van der Waals surface area contributed by atoms with Gasteiger partial charge in [-0.25, -0.2) is 4.98 Å². The quantitative estimate of drug-likeness (QED) is 0.655. The standard InChI is InChI=1S/C25H25N3O3S/c1-25(2)11-18(29)23-20(12-25)31-24(27)17(13-26)22(23)15-7-8-19(30-3)16(10-15)14-32-21-6-4-5-9-28-21/h4-10,22H,11-12,14,27H2,1-3H3/t22-/m1/s1. The zero-order chi connectivity index (χ0) is 22.9. The van der Waals surface area contributed by atoms with Crippen molar-refractivity contribution >= 4 is 17.5 Å². The summed E-state index contributed by atoms with van der Waals surface area (Å²) in [6, 6.07) is 13.7. The zero-order valence-corrected chi connectivity index (χ0v) is 19.2. The van der Waals surface area contributed by atoms with Crippen LogP contribution in [-0.4, -0.2) is 17.9 Å². The summed E-state index contributed by atoms with van der Waals surface area (Å²) in [6.07, 6.45) is 2.76. The second kappa shape index (κ2) is 8.71. The summed E-state index contributed by atoms with van der Waals surface area (Å²) in [5, 5.41) is 10.8. The van der Waals surface area contributed by atoms with Crippen LogP contribution in [0.15, 0.2) is 70.4 Å². The first-order valence-corrected chi connectivity index (χ1v) is 11.4. The Hall–Kier alpha value is -3.24. The number of carbonyl (C=O) groups excluding carboxylic acids is 1. The normalized spacial score (nSPS) is 19.8. The fourth-order valence-corrected chi connectivity index (χ4v) is 5.13. The lowest BCUT2D eigenvalue weighted by molar-refractivity contribution is -0.119. The van der Waals surface area contributed by atoms with E-state index in [0.717, 1.165) is 21.9 Å². The lowest BCUT2D eigenvalue weighted by Gasteiger charge is -2.37. The van der Waals surface area contributed by atoms with Crippen LogP contribution in [0, 0.1) is 16.7 Å². The van der Waals surface area contributed by atoms with Crippen LogP contribution in [0.2, 0.25) is 0 Å². The van der Waals surface area contributed by atoms with Gasteiger partial charge in [0.1, 0.15) is 23.2 Å². The summed E-state index contributed by atoms with van der Waals surface area (Å²) in [6.45, 7) is 4.07. The number of Topliss-reactive ketones (excluding diaryl/α,β-unsaturated/α-hetero) is 1. The van der Waals surface area contributed by atoms with Crippen molar-refractivity contribution in [1.82, 2.24) is 4.98 Å². The van der Waals surface area contributed by atoms with Crippen molar-refractivity contribution in [2.45, 2.75) is 43.4 Å². The molecule has 0 fully saturated rings. The Morgan fingerprint density at radius 3 is 2.81 bits per heavy atom. The smallest absolute Gasteiger partial charge is 0.205 e. The summed E-state index contributed by atoms with van der Waals surface area (Å²) in [7, 11) is 1.63. The third-order valence-electron chi connectivity index (χ3n) is 5.73. The molecule has 2 N–H and O–H groups in total. The maximum atomic E-state index is 13.2. The minimum absolute atomic E-state index is 0.00160. The molecule has 7 heteroatoms. The van der Waals surface area contributed by atoms with E-state index in [4.69, 9.17) is 15.2 Å². The summed E-state index contributed by atoms with van der Waals surface area (Å²) < 4.78 is 11.4. The number of hydrogen-bond acceptors (Lipinski definition) is 7. The highest BCUT2D eigenvalue weighted by Crippen LogP contribution is 2.48. The number of hydrogen-bond donors (Lipinski definition) is 1. The highest BCUT2D eigenvalue weighted by Gasteiger charge is 2.43. The van der Waals surface area contributed by atoms with Gasteiger partial charge in [-0.15, -0.1) is 11.8 Å². The molecule has 0 saturated heterocycles. The molecule has 0 spiro atoms. The number of aromatic nitrogens is 1. The fourth-order valence-electron chi connectivity index (χ4n) is 4.29. The Morgan fingerprint density at radius 2 is 2.12 bits per heavy atom. The first kappa shape index (κ1) is 22.0. The van der Waals surface area contributed by atoms with Gasteiger partial charge in [-0.1, -0.05) is 32.0 Å². The van der Waals surface area contributed by atoms with E-state index >= 15 is 0 Å². The van der Waals surface area contributed by atoms with Gasteiger partial charge in [0, 0.05) is 35.9 Å². The fraction of sp³-hybridized carbons (Fsp3) is 0.320. The molecule has 4 rings (SSSR count). The van der Waals surface area contributed by atoms with E-state index in [1.54, 1.807) is 25.1 Å². The van der Waals surface area contributed by atoms with Crippen molar-refractivity contribution in [3.05, 3.63) is 76.5 Å². The van der Waals surface area contributed by atoms with Gasteiger partial charge in [0.05, 0.1) is 18.1 Å². The molecule has 2 heterocycles. The number of nitriles is 1. The predicted molar refractivity (Wildman–Crippen MR) is 122 cm³/mol. The lowest BCUT2D eigenvalue weighted by Crippen LogP contribution is -2.33. The first-order chi connectivity index (χ1) is 15.3. The van der Waals surface area contributed by atoms with Crippen molar-refractivity contribution in [3.8, 4) is 11.8 Å². The maximum Gasteiger partial charge on any atom is 0.205 e. The molecule has 32 heavy (non-hydrogen) atoms. The Labute approximate surface area is 192 Å². The van der Waals surface area contributed by atoms with Crippen LogP contribution in [0.5, 0.6) is 5.75 Å². The van der Waals surface area contributed by atoms with Crippen LogP contribution in [0.3, 0.4) is 0 Å². The van der Waals surface area contributed by atoms with Crippen LogP contribution in [-0.2, 0) is 15.3 Å². The molecule has 0 amide bonds. The van der Waals surface area contributed by atoms with Gasteiger partial charge in [-0.2, -0.15) is 5.26 Å². The Kier molecular flexibility index (Phi) is 5.98. The molecular weight excluding hydrogens is 422 g/mol. The summed E-state index contributed by atoms with van der Waals surface area (Å²) in [4.78, 5) is 17.5. The number of allylic oxidation sites excluding steroid dienone is 3. The number of ketones is 1. The molecule has 0 radical (unpaired) electrons. The predicted octanol–water partition coefficient (Wildman–Crippen LogP) is 4.83. The number of benzene rings is 1. The molecule has 1 aliphatic heterocycles. The Morgan fingerprint density at radius 1 is 1.31 bits per heavy atom. The van der Waals surface area contributed by atoms with Crippen LogP contribution < -0.4 is 10.5 Å². The van der Waals surface area contributed by atoms with Gasteiger partial charge >= 0.3 is 0 Å². The molecule has 2 aliphatic rings. The van der Waals surface area contributed by atoms with Crippen molar-refractivity contribution in [1.29, 1.82) is 5.26 Å². The van der Waals surface area contributed by atoms with Gasteiger partial charge in [0.25, 0.3) is 0 Å². The van der Waals surface area contributed by atoms with Gasteiger partial charge in [-0.05, 0) is 29.2 Å². The second-order valence-electron chi connectivity index (χ2n) is 8.73. The lowest BCUT2D eigenvalue weighted by atomic mass is 9.70. The molecule has 2 aromatic rings.